The number of nitrogens with zero attached hydrogens (tertiary/aromatic N) is 1. The monoisotopic (exact) mass is 415 g/mol. The van der Waals surface area contributed by atoms with Crippen LogP contribution in [0, 0.1) is 52.3 Å². The highest BCUT2D eigenvalue weighted by atomic mass is 16.2. The van der Waals surface area contributed by atoms with Crippen LogP contribution in [0.3, 0.4) is 0 Å². The molecule has 0 N–H and O–H groups in total. The summed E-state index contributed by atoms with van der Waals surface area (Å²) in [5.41, 5.74) is 0.911. The van der Waals surface area contributed by atoms with Crippen LogP contribution >= 0.6 is 0 Å². The Morgan fingerprint density at radius 1 is 1.00 bits per heavy atom. The van der Waals surface area contributed by atoms with E-state index < -0.39 is 0 Å². The van der Waals surface area contributed by atoms with Crippen LogP contribution in [-0.4, -0.2) is 23.9 Å². The number of hydrogen-bond acceptors (Lipinski definition) is 1. The number of amides is 1. The van der Waals surface area contributed by atoms with Gasteiger partial charge in [0.1, 0.15) is 0 Å². The second-order valence-corrected chi connectivity index (χ2v) is 13.1. The molecule has 172 valence electrons. The highest BCUT2D eigenvalue weighted by Gasteiger charge is 2.63. The smallest absolute Gasteiger partial charge is 0.222 e. The van der Waals surface area contributed by atoms with Crippen molar-refractivity contribution in [2.45, 2.75) is 112 Å². The van der Waals surface area contributed by atoms with Gasteiger partial charge in [-0.1, -0.05) is 60.8 Å². The number of hydrogen-bond donors (Lipinski definition) is 0. The van der Waals surface area contributed by atoms with Crippen LogP contribution < -0.4 is 0 Å². The fourth-order valence-electron chi connectivity index (χ4n) is 9.49. The maximum absolute atomic E-state index is 12.5. The van der Waals surface area contributed by atoms with E-state index in [1.54, 1.807) is 0 Å². The summed E-state index contributed by atoms with van der Waals surface area (Å²) in [6.45, 7) is 15.1. The summed E-state index contributed by atoms with van der Waals surface area (Å²) in [6, 6.07) is 0.478. The van der Waals surface area contributed by atoms with Gasteiger partial charge in [0.25, 0.3) is 0 Å². The van der Waals surface area contributed by atoms with Crippen LogP contribution in [0.25, 0.3) is 0 Å². The summed E-state index contributed by atoms with van der Waals surface area (Å²) in [5, 5.41) is 0. The Bertz CT molecular complexity index is 643. The van der Waals surface area contributed by atoms with E-state index in [4.69, 9.17) is 0 Å². The van der Waals surface area contributed by atoms with Crippen molar-refractivity contribution in [2.24, 2.45) is 52.3 Å². The lowest BCUT2D eigenvalue weighted by Gasteiger charge is -2.64. The first-order valence-corrected chi connectivity index (χ1v) is 13.3. The first-order chi connectivity index (χ1) is 14.1. The zero-order chi connectivity index (χ0) is 21.8. The molecule has 4 unspecified atom stereocenters. The Labute approximate surface area is 186 Å². The van der Waals surface area contributed by atoms with Gasteiger partial charge in [-0.2, -0.15) is 0 Å². The lowest BCUT2D eigenvalue weighted by Crippen LogP contribution is -2.63. The van der Waals surface area contributed by atoms with Crippen molar-refractivity contribution < 1.29 is 4.79 Å². The zero-order valence-electron chi connectivity index (χ0n) is 21.0. The van der Waals surface area contributed by atoms with Crippen molar-refractivity contribution in [3.05, 3.63) is 0 Å². The third-order valence-electron chi connectivity index (χ3n) is 11.1. The van der Waals surface area contributed by atoms with Crippen molar-refractivity contribution in [3.63, 3.8) is 0 Å². The minimum atomic E-state index is 0.349. The fraction of sp³-hybridized carbons (Fsp3) is 0.964. The first kappa shape index (κ1) is 22.7. The van der Waals surface area contributed by atoms with Crippen molar-refractivity contribution >= 4 is 5.91 Å². The maximum Gasteiger partial charge on any atom is 0.222 e. The predicted molar refractivity (Wildman–Crippen MR) is 126 cm³/mol. The molecule has 0 spiro atoms. The molecule has 0 radical (unpaired) electrons. The van der Waals surface area contributed by atoms with E-state index in [1.165, 1.54) is 51.4 Å². The molecule has 4 rings (SSSR count). The van der Waals surface area contributed by atoms with Gasteiger partial charge in [-0.05, 0) is 90.8 Å². The predicted octanol–water partition coefficient (Wildman–Crippen LogP) is 7.17. The van der Waals surface area contributed by atoms with E-state index in [1.807, 2.05) is 0 Å². The molecule has 0 aromatic heterocycles. The highest BCUT2D eigenvalue weighted by Crippen LogP contribution is 2.68. The number of rotatable bonds is 5. The molecule has 0 bridgehead atoms. The quantitative estimate of drug-likeness (QED) is 0.466. The minimum Gasteiger partial charge on any atom is -0.342 e. The first-order valence-electron chi connectivity index (χ1n) is 13.3. The van der Waals surface area contributed by atoms with E-state index in [0.717, 1.165) is 54.3 Å². The summed E-state index contributed by atoms with van der Waals surface area (Å²) < 4.78 is 0. The van der Waals surface area contributed by atoms with Gasteiger partial charge in [-0.15, -0.1) is 0 Å². The molecule has 30 heavy (non-hydrogen) atoms. The zero-order valence-corrected chi connectivity index (χ0v) is 21.0. The van der Waals surface area contributed by atoms with Crippen LogP contribution in [0.4, 0.5) is 0 Å². The van der Waals surface area contributed by atoms with Crippen LogP contribution in [0.15, 0.2) is 0 Å². The molecule has 2 heteroatoms. The summed E-state index contributed by atoms with van der Waals surface area (Å²) in [6.07, 6.45) is 13.2. The molecule has 9 atom stereocenters. The average molecular weight is 416 g/mol. The maximum atomic E-state index is 12.5. The van der Waals surface area contributed by atoms with Gasteiger partial charge in [0, 0.05) is 19.5 Å². The Morgan fingerprint density at radius 3 is 2.40 bits per heavy atom. The Balaban J connectivity index is 1.53. The second-order valence-electron chi connectivity index (χ2n) is 13.1. The Morgan fingerprint density at radius 2 is 1.70 bits per heavy atom. The van der Waals surface area contributed by atoms with Crippen LogP contribution in [-0.2, 0) is 4.79 Å². The molecular weight excluding hydrogens is 366 g/mol. The number of piperidine rings is 1. The lowest BCUT2D eigenvalue weighted by atomic mass is 9.44. The van der Waals surface area contributed by atoms with Crippen LogP contribution in [0.5, 0.6) is 0 Å². The average Bonchev–Trinajstić information content (AvgIpc) is 3.03. The molecule has 4 fully saturated rings. The number of carbonyl (C=O) groups is 1. The second kappa shape index (κ2) is 8.11. The minimum absolute atomic E-state index is 0.349. The summed E-state index contributed by atoms with van der Waals surface area (Å²) >= 11 is 0. The van der Waals surface area contributed by atoms with Gasteiger partial charge in [0.05, 0.1) is 0 Å². The normalized spacial score (nSPS) is 47.1. The van der Waals surface area contributed by atoms with Gasteiger partial charge in [-0.3, -0.25) is 4.79 Å². The Kier molecular flexibility index (Phi) is 6.12. The molecule has 1 heterocycles. The van der Waals surface area contributed by atoms with E-state index in [0.29, 0.717) is 22.8 Å². The largest absolute Gasteiger partial charge is 0.342 e. The van der Waals surface area contributed by atoms with E-state index >= 15 is 0 Å². The molecule has 0 aromatic rings. The van der Waals surface area contributed by atoms with E-state index in [9.17, 15) is 4.79 Å². The Hall–Kier alpha value is -0.530. The summed E-state index contributed by atoms with van der Waals surface area (Å²) in [4.78, 5) is 14.6. The standard InChI is InChI=1S/C28H49NO/c1-18(2)9-8-10-19(3)21-11-12-22-26-20(4)17-24-28(6,16-14-25(30)29(24)7)23(26)13-15-27(21,22)5/h18-24,26H,8-17H2,1-7H3/t19-,20?,21-,22?,23?,24-,26?,27-,28-/m1/s1. The molecule has 3 saturated carbocycles. The third kappa shape index (κ3) is 3.47. The molecule has 1 amide bonds. The summed E-state index contributed by atoms with van der Waals surface area (Å²) in [5.74, 6) is 6.46. The third-order valence-corrected chi connectivity index (χ3v) is 11.1. The highest BCUT2D eigenvalue weighted by molar-refractivity contribution is 5.77. The fourth-order valence-corrected chi connectivity index (χ4v) is 9.49. The SMILES string of the molecule is CC(C)CCC[C@@H](C)[C@H]1CCC2C3C(C)C[C@H]4N(C)C(=O)CC[C@]4(C)C3CC[C@@]21C. The van der Waals surface area contributed by atoms with Crippen molar-refractivity contribution in [3.8, 4) is 0 Å². The molecule has 3 aliphatic carbocycles. The van der Waals surface area contributed by atoms with Gasteiger partial charge >= 0.3 is 0 Å². The lowest BCUT2D eigenvalue weighted by molar-refractivity contribution is -0.167. The van der Waals surface area contributed by atoms with Crippen molar-refractivity contribution in [1.82, 2.24) is 4.90 Å². The molecule has 1 saturated heterocycles. The van der Waals surface area contributed by atoms with E-state index in [-0.39, 0.29) is 0 Å². The van der Waals surface area contributed by atoms with Gasteiger partial charge in [-0.25, -0.2) is 0 Å². The van der Waals surface area contributed by atoms with Crippen LogP contribution in [0.2, 0.25) is 0 Å². The van der Waals surface area contributed by atoms with Gasteiger partial charge in [0.2, 0.25) is 5.91 Å². The molecular formula is C28H49NO. The van der Waals surface area contributed by atoms with Crippen LogP contribution in [0.1, 0.15) is 106 Å². The van der Waals surface area contributed by atoms with Crippen molar-refractivity contribution in [2.75, 3.05) is 7.05 Å². The number of fused-ring (bicyclic) bond motifs is 5. The molecule has 0 aromatic carbocycles. The molecule has 4 aliphatic rings. The van der Waals surface area contributed by atoms with Gasteiger partial charge in [0.15, 0.2) is 0 Å². The number of carbonyl (C=O) groups excluding carboxylic acids is 1. The summed E-state index contributed by atoms with van der Waals surface area (Å²) in [7, 11) is 2.09. The van der Waals surface area contributed by atoms with E-state index in [2.05, 4.69) is 53.5 Å². The van der Waals surface area contributed by atoms with Crippen molar-refractivity contribution in [1.29, 1.82) is 0 Å². The molecule has 1 aliphatic heterocycles. The topological polar surface area (TPSA) is 20.3 Å². The number of likely N-dealkylation sites (tertiary alicyclic amines) is 1. The molecule has 2 nitrogen and oxygen atoms in total. The van der Waals surface area contributed by atoms with Gasteiger partial charge < -0.3 is 4.90 Å².